The molecule has 1 aliphatic rings. The summed E-state index contributed by atoms with van der Waals surface area (Å²) in [5.74, 6) is -0.703. The minimum atomic E-state index is -1.08. The summed E-state index contributed by atoms with van der Waals surface area (Å²) in [6.07, 6.45) is 0.695. The van der Waals surface area contributed by atoms with E-state index in [0.717, 1.165) is 5.56 Å². The maximum atomic E-state index is 13.2. The molecule has 2 aromatic heterocycles. The number of fused-ring (bicyclic) bond motifs is 2. The zero-order valence-electron chi connectivity index (χ0n) is 15.6. The summed E-state index contributed by atoms with van der Waals surface area (Å²) >= 11 is 0. The number of ether oxygens (including phenoxy) is 2. The fraction of sp³-hybridized carbons (Fsp3) is 0.286. The molecule has 144 valence electrons. The highest BCUT2D eigenvalue weighted by Gasteiger charge is 2.41. The van der Waals surface area contributed by atoms with Gasteiger partial charge in [-0.25, -0.2) is 9.78 Å². The quantitative estimate of drug-likeness (QED) is 0.660. The van der Waals surface area contributed by atoms with Crippen LogP contribution in [0.3, 0.4) is 0 Å². The minimum absolute atomic E-state index is 0.0154. The van der Waals surface area contributed by atoms with Gasteiger partial charge in [0.05, 0.1) is 12.3 Å². The highest BCUT2D eigenvalue weighted by molar-refractivity contribution is 5.98. The Balaban J connectivity index is 1.71. The first-order valence-electron chi connectivity index (χ1n) is 9.13. The van der Waals surface area contributed by atoms with E-state index >= 15 is 0 Å². The predicted octanol–water partition coefficient (Wildman–Crippen LogP) is 3.24. The lowest BCUT2D eigenvalue weighted by Gasteiger charge is -2.14. The highest BCUT2D eigenvalue weighted by atomic mass is 16.5. The summed E-state index contributed by atoms with van der Waals surface area (Å²) in [6.45, 7) is 4.14. The number of aliphatic carboxylic acids is 1. The van der Waals surface area contributed by atoms with Crippen molar-refractivity contribution in [3.63, 3.8) is 0 Å². The van der Waals surface area contributed by atoms with Gasteiger partial charge in [-0.1, -0.05) is 18.2 Å². The molecule has 1 aliphatic heterocycles. The van der Waals surface area contributed by atoms with Gasteiger partial charge in [0.25, 0.3) is 0 Å². The van der Waals surface area contributed by atoms with E-state index in [1.165, 1.54) is 0 Å². The zero-order valence-corrected chi connectivity index (χ0v) is 15.6. The maximum absolute atomic E-state index is 13.2. The summed E-state index contributed by atoms with van der Waals surface area (Å²) in [5.41, 5.74) is 2.33. The van der Waals surface area contributed by atoms with Gasteiger partial charge in [-0.15, -0.1) is 0 Å². The van der Waals surface area contributed by atoms with Crippen molar-refractivity contribution in [3.05, 3.63) is 59.5 Å². The van der Waals surface area contributed by atoms with E-state index in [1.54, 1.807) is 41.8 Å². The Bertz CT molecular complexity index is 1070. The van der Waals surface area contributed by atoms with E-state index in [9.17, 15) is 14.7 Å². The van der Waals surface area contributed by atoms with Crippen LogP contribution in [0.2, 0.25) is 0 Å². The number of imidazole rings is 1. The topological polar surface area (TPSA) is 90.1 Å². The minimum Gasteiger partial charge on any atom is -0.490 e. The smallest absolute Gasteiger partial charge is 0.345 e. The largest absolute Gasteiger partial charge is 0.490 e. The van der Waals surface area contributed by atoms with Crippen molar-refractivity contribution >= 4 is 17.4 Å². The highest BCUT2D eigenvalue weighted by Crippen LogP contribution is 2.41. The Morgan fingerprint density at radius 3 is 2.79 bits per heavy atom. The molecule has 3 heterocycles. The van der Waals surface area contributed by atoms with E-state index in [-0.39, 0.29) is 12.2 Å². The molecule has 2 atom stereocenters. The number of Topliss-reactive ketones (excluding diaryl/α,β-unsaturated/α-hetero) is 1. The molecule has 0 unspecified atom stereocenters. The number of hydrogen-bond acceptors (Lipinski definition) is 5. The number of carbonyl (C=O) groups is 2. The van der Waals surface area contributed by atoms with Crippen LogP contribution in [-0.2, 0) is 4.79 Å². The number of ketones is 1. The molecule has 0 saturated carbocycles. The van der Waals surface area contributed by atoms with Crippen LogP contribution in [0, 0.1) is 6.92 Å². The number of pyridine rings is 1. The Morgan fingerprint density at radius 2 is 2.04 bits per heavy atom. The maximum Gasteiger partial charge on any atom is 0.345 e. The molecule has 7 heteroatoms. The molecule has 3 aromatic rings. The molecule has 4 rings (SSSR count). The summed E-state index contributed by atoms with van der Waals surface area (Å²) in [6, 6.07) is 10.7. The third-order valence-electron chi connectivity index (χ3n) is 4.94. The molecule has 0 amide bonds. The fourth-order valence-electron chi connectivity index (χ4n) is 3.77. The van der Waals surface area contributed by atoms with Crippen LogP contribution in [0.4, 0.5) is 0 Å². The molecule has 1 N–H and O–H groups in total. The van der Waals surface area contributed by atoms with Gasteiger partial charge in [0.1, 0.15) is 11.4 Å². The second-order valence-electron chi connectivity index (χ2n) is 6.69. The third kappa shape index (κ3) is 2.89. The van der Waals surface area contributed by atoms with Crippen LogP contribution in [0.1, 0.15) is 41.0 Å². The van der Waals surface area contributed by atoms with E-state index in [1.807, 2.05) is 19.1 Å². The Labute approximate surface area is 161 Å². The fourth-order valence-corrected chi connectivity index (χ4v) is 3.77. The van der Waals surface area contributed by atoms with Crippen molar-refractivity contribution in [2.75, 3.05) is 6.61 Å². The van der Waals surface area contributed by atoms with Crippen LogP contribution in [0.15, 0.2) is 42.6 Å². The van der Waals surface area contributed by atoms with Crippen LogP contribution < -0.4 is 9.47 Å². The molecule has 0 radical (unpaired) electrons. The standard InChI is InChI=1S/C21H20N2O5/c1-3-27-17-9-6-10-23-18(12(2)22-20(17)23)15(24)11-14-13-7-4-5-8-16(13)28-19(14)21(25)26/h4-10,14,19H,3,11H2,1-2H3,(H,25,26)/t14-,19+/m0/s1. The van der Waals surface area contributed by atoms with Gasteiger partial charge in [-0.2, -0.15) is 0 Å². The van der Waals surface area contributed by atoms with Crippen molar-refractivity contribution < 1.29 is 24.2 Å². The van der Waals surface area contributed by atoms with E-state index < -0.39 is 18.0 Å². The van der Waals surface area contributed by atoms with Crippen molar-refractivity contribution in [1.82, 2.24) is 9.38 Å². The molecule has 7 nitrogen and oxygen atoms in total. The van der Waals surface area contributed by atoms with Crippen molar-refractivity contribution in [3.8, 4) is 11.5 Å². The zero-order chi connectivity index (χ0) is 19.8. The number of rotatable bonds is 6. The summed E-state index contributed by atoms with van der Waals surface area (Å²) < 4.78 is 12.9. The van der Waals surface area contributed by atoms with Gasteiger partial charge in [-0.3, -0.25) is 9.20 Å². The molecule has 0 aliphatic carbocycles. The van der Waals surface area contributed by atoms with Crippen molar-refractivity contribution in [2.24, 2.45) is 0 Å². The average Bonchev–Trinajstić information content (AvgIpc) is 3.20. The van der Waals surface area contributed by atoms with Gasteiger partial charge in [0.2, 0.25) is 6.10 Å². The monoisotopic (exact) mass is 380 g/mol. The number of para-hydroxylation sites is 1. The lowest BCUT2D eigenvalue weighted by Crippen LogP contribution is -2.30. The number of carboxylic acid groups (broad SMARTS) is 1. The number of carbonyl (C=O) groups excluding carboxylic acids is 1. The number of carboxylic acids is 1. The first-order valence-corrected chi connectivity index (χ1v) is 9.13. The van der Waals surface area contributed by atoms with E-state index in [2.05, 4.69) is 4.98 Å². The molecule has 0 saturated heterocycles. The summed E-state index contributed by atoms with van der Waals surface area (Å²) in [5, 5.41) is 9.55. The molecule has 0 bridgehead atoms. The Morgan fingerprint density at radius 1 is 1.25 bits per heavy atom. The van der Waals surface area contributed by atoms with Crippen LogP contribution in [-0.4, -0.2) is 39.0 Å². The van der Waals surface area contributed by atoms with E-state index in [0.29, 0.717) is 35.1 Å². The van der Waals surface area contributed by atoms with E-state index in [4.69, 9.17) is 9.47 Å². The van der Waals surface area contributed by atoms with Gasteiger partial charge in [0, 0.05) is 24.1 Å². The molecule has 0 spiro atoms. The summed E-state index contributed by atoms with van der Waals surface area (Å²) in [4.78, 5) is 29.4. The number of benzene rings is 1. The van der Waals surface area contributed by atoms with Crippen molar-refractivity contribution in [2.45, 2.75) is 32.3 Å². The average molecular weight is 380 g/mol. The molecule has 0 fully saturated rings. The lowest BCUT2D eigenvalue weighted by molar-refractivity contribution is -0.145. The molecule has 28 heavy (non-hydrogen) atoms. The SMILES string of the molecule is CCOc1cccn2c(C(=O)C[C@H]3c4ccccc4O[C@H]3C(=O)O)c(C)nc12. The van der Waals surface area contributed by atoms with Gasteiger partial charge in [0.15, 0.2) is 17.2 Å². The number of aryl methyl sites for hydroxylation is 1. The second-order valence-corrected chi connectivity index (χ2v) is 6.69. The molecular formula is C21H20N2O5. The number of hydrogen-bond donors (Lipinski definition) is 1. The normalized spacial score (nSPS) is 17.9. The Kier molecular flexibility index (Phi) is 4.50. The number of nitrogens with zero attached hydrogens (tertiary/aromatic N) is 2. The lowest BCUT2D eigenvalue weighted by atomic mass is 9.89. The van der Waals surface area contributed by atoms with Crippen molar-refractivity contribution in [1.29, 1.82) is 0 Å². The third-order valence-corrected chi connectivity index (χ3v) is 4.94. The first-order chi connectivity index (χ1) is 13.5. The number of aromatic nitrogens is 2. The van der Waals surface area contributed by atoms with Crippen LogP contribution in [0.5, 0.6) is 11.5 Å². The Hall–Kier alpha value is -3.35. The van der Waals surface area contributed by atoms with Gasteiger partial charge in [-0.05, 0) is 32.0 Å². The van der Waals surface area contributed by atoms with Crippen LogP contribution in [0.25, 0.3) is 5.65 Å². The molecule has 1 aromatic carbocycles. The van der Waals surface area contributed by atoms with Gasteiger partial charge < -0.3 is 14.6 Å². The second kappa shape index (κ2) is 6.99. The summed E-state index contributed by atoms with van der Waals surface area (Å²) in [7, 11) is 0. The van der Waals surface area contributed by atoms with Crippen LogP contribution >= 0.6 is 0 Å². The first kappa shape index (κ1) is 18.0. The van der Waals surface area contributed by atoms with Gasteiger partial charge >= 0.3 is 5.97 Å². The predicted molar refractivity (Wildman–Crippen MR) is 101 cm³/mol. The molecular weight excluding hydrogens is 360 g/mol.